The second-order valence-corrected chi connectivity index (χ2v) is 7.86. The number of hydrogen-bond acceptors (Lipinski definition) is 4. The molecular weight excluding hydrogens is 292 g/mol. The standard InChI is InChI=1S/C18H28N2O3/c1-3-17(23)20-11-18(12-20)9-19(10-18)8-15(21)7-14-5-4-6-16(22)13(14)2/h3,13-15,21H,1,4-12H2,2H3. The number of amides is 1. The third-order valence-electron chi connectivity index (χ3n) is 5.91. The molecule has 3 aliphatic rings. The molecule has 3 atom stereocenters. The molecule has 1 N–H and O–H groups in total. The van der Waals surface area contributed by atoms with Crippen LogP contribution < -0.4 is 0 Å². The summed E-state index contributed by atoms with van der Waals surface area (Å²) in [6.45, 7) is 9.78. The zero-order chi connectivity index (χ0) is 16.6. The highest BCUT2D eigenvalue weighted by molar-refractivity contribution is 5.87. The van der Waals surface area contributed by atoms with Crippen LogP contribution >= 0.6 is 0 Å². The molecule has 5 nitrogen and oxygen atoms in total. The average molecular weight is 320 g/mol. The van der Waals surface area contributed by atoms with E-state index < -0.39 is 0 Å². The summed E-state index contributed by atoms with van der Waals surface area (Å²) in [5.74, 6) is 0.819. The van der Waals surface area contributed by atoms with Crippen LogP contribution in [0.1, 0.15) is 32.6 Å². The Hall–Kier alpha value is -1.20. The largest absolute Gasteiger partial charge is 0.392 e. The number of Topliss-reactive ketones (excluding diaryl/α,β-unsaturated/α-hetero) is 1. The normalized spacial score (nSPS) is 31.4. The van der Waals surface area contributed by atoms with E-state index in [1.54, 1.807) is 0 Å². The summed E-state index contributed by atoms with van der Waals surface area (Å²) in [7, 11) is 0. The summed E-state index contributed by atoms with van der Waals surface area (Å²) >= 11 is 0. The molecule has 5 heteroatoms. The third-order valence-corrected chi connectivity index (χ3v) is 5.91. The molecule has 23 heavy (non-hydrogen) atoms. The van der Waals surface area contributed by atoms with E-state index in [0.29, 0.717) is 24.7 Å². The predicted octanol–water partition coefficient (Wildman–Crippen LogP) is 1.07. The first-order valence-electron chi connectivity index (χ1n) is 8.77. The summed E-state index contributed by atoms with van der Waals surface area (Å²) < 4.78 is 0. The quantitative estimate of drug-likeness (QED) is 0.770. The van der Waals surface area contributed by atoms with Gasteiger partial charge in [0.15, 0.2) is 0 Å². The Labute approximate surface area is 138 Å². The van der Waals surface area contributed by atoms with Crippen LogP contribution in [-0.4, -0.2) is 65.4 Å². The lowest BCUT2D eigenvalue weighted by Crippen LogP contribution is -2.73. The van der Waals surface area contributed by atoms with E-state index >= 15 is 0 Å². The van der Waals surface area contributed by atoms with Crippen molar-refractivity contribution in [3.63, 3.8) is 0 Å². The SMILES string of the molecule is C=CC(=O)N1CC2(CN(CC(O)CC3CCCC(=O)C3C)C2)C1. The minimum atomic E-state index is -0.350. The molecule has 1 saturated carbocycles. The maximum absolute atomic E-state index is 11.8. The van der Waals surface area contributed by atoms with Gasteiger partial charge in [-0.1, -0.05) is 13.5 Å². The summed E-state index contributed by atoms with van der Waals surface area (Å²) in [6.07, 6.45) is 4.50. The van der Waals surface area contributed by atoms with Crippen LogP contribution in [0.3, 0.4) is 0 Å². The molecule has 0 aromatic heterocycles. The molecule has 3 fully saturated rings. The van der Waals surface area contributed by atoms with Crippen molar-refractivity contribution in [3.05, 3.63) is 12.7 Å². The highest BCUT2D eigenvalue weighted by Crippen LogP contribution is 2.40. The van der Waals surface area contributed by atoms with Gasteiger partial charge in [-0.2, -0.15) is 0 Å². The Balaban J connectivity index is 1.38. The van der Waals surface area contributed by atoms with Gasteiger partial charge in [0.25, 0.3) is 0 Å². The fourth-order valence-electron chi connectivity index (χ4n) is 4.60. The first kappa shape index (κ1) is 16.7. The fraction of sp³-hybridized carbons (Fsp3) is 0.778. The summed E-state index contributed by atoms with van der Waals surface area (Å²) in [4.78, 5) is 27.4. The van der Waals surface area contributed by atoms with Gasteiger partial charge < -0.3 is 10.0 Å². The number of carbonyl (C=O) groups excluding carboxylic acids is 2. The number of aliphatic hydroxyl groups excluding tert-OH is 1. The van der Waals surface area contributed by atoms with Gasteiger partial charge in [-0.15, -0.1) is 0 Å². The van der Waals surface area contributed by atoms with Crippen LogP contribution in [0.2, 0.25) is 0 Å². The smallest absolute Gasteiger partial charge is 0.245 e. The van der Waals surface area contributed by atoms with Gasteiger partial charge in [0.2, 0.25) is 5.91 Å². The molecule has 3 rings (SSSR count). The topological polar surface area (TPSA) is 60.9 Å². The number of rotatable bonds is 5. The minimum absolute atomic E-state index is 0.0186. The van der Waals surface area contributed by atoms with Crippen LogP contribution in [0.4, 0.5) is 0 Å². The molecule has 128 valence electrons. The molecule has 1 aliphatic carbocycles. The Morgan fingerprint density at radius 3 is 2.78 bits per heavy atom. The maximum atomic E-state index is 11.8. The van der Waals surface area contributed by atoms with Crippen LogP contribution in [0.15, 0.2) is 12.7 Å². The first-order chi connectivity index (χ1) is 10.9. The van der Waals surface area contributed by atoms with Crippen LogP contribution in [-0.2, 0) is 9.59 Å². The molecule has 3 unspecified atom stereocenters. The maximum Gasteiger partial charge on any atom is 0.245 e. The number of β-amino-alcohol motifs (C(OH)–C–C–N with tert-alkyl or cyclic N) is 1. The van der Waals surface area contributed by atoms with E-state index in [9.17, 15) is 14.7 Å². The Morgan fingerprint density at radius 1 is 1.43 bits per heavy atom. The summed E-state index contributed by atoms with van der Waals surface area (Å²) in [5, 5.41) is 10.3. The van der Waals surface area contributed by atoms with E-state index in [4.69, 9.17) is 0 Å². The Morgan fingerprint density at radius 2 is 2.13 bits per heavy atom. The second-order valence-electron chi connectivity index (χ2n) is 7.86. The monoisotopic (exact) mass is 320 g/mol. The van der Waals surface area contributed by atoms with Crippen molar-refractivity contribution >= 4 is 11.7 Å². The second kappa shape index (κ2) is 6.36. The number of ketones is 1. The highest BCUT2D eigenvalue weighted by Gasteiger charge is 2.52. The predicted molar refractivity (Wildman–Crippen MR) is 87.8 cm³/mol. The number of carbonyl (C=O) groups is 2. The fourth-order valence-corrected chi connectivity index (χ4v) is 4.60. The molecule has 1 amide bonds. The van der Waals surface area contributed by atoms with E-state index in [1.807, 2.05) is 11.8 Å². The lowest BCUT2D eigenvalue weighted by Gasteiger charge is -2.60. The van der Waals surface area contributed by atoms with Gasteiger partial charge in [-0.25, -0.2) is 0 Å². The van der Waals surface area contributed by atoms with Crippen molar-refractivity contribution in [2.75, 3.05) is 32.7 Å². The van der Waals surface area contributed by atoms with Gasteiger partial charge in [0, 0.05) is 50.5 Å². The zero-order valence-corrected chi connectivity index (χ0v) is 14.0. The van der Waals surface area contributed by atoms with Crippen molar-refractivity contribution in [1.82, 2.24) is 9.80 Å². The molecule has 2 aliphatic heterocycles. The third kappa shape index (κ3) is 3.36. The van der Waals surface area contributed by atoms with Crippen LogP contribution in [0, 0.1) is 17.3 Å². The van der Waals surface area contributed by atoms with Crippen LogP contribution in [0.25, 0.3) is 0 Å². The number of likely N-dealkylation sites (tertiary alicyclic amines) is 2. The first-order valence-corrected chi connectivity index (χ1v) is 8.77. The van der Waals surface area contributed by atoms with Gasteiger partial charge in [0.05, 0.1) is 6.10 Å². The van der Waals surface area contributed by atoms with Crippen molar-refractivity contribution in [2.24, 2.45) is 17.3 Å². The lowest BCUT2D eigenvalue weighted by atomic mass is 9.72. The molecule has 0 radical (unpaired) electrons. The van der Waals surface area contributed by atoms with Gasteiger partial charge >= 0.3 is 0 Å². The van der Waals surface area contributed by atoms with Crippen molar-refractivity contribution in [1.29, 1.82) is 0 Å². The highest BCUT2D eigenvalue weighted by atomic mass is 16.3. The van der Waals surface area contributed by atoms with E-state index in [0.717, 1.165) is 45.4 Å². The average Bonchev–Trinajstić information content (AvgIpc) is 2.44. The van der Waals surface area contributed by atoms with E-state index in [-0.39, 0.29) is 23.3 Å². The van der Waals surface area contributed by atoms with Crippen molar-refractivity contribution < 1.29 is 14.7 Å². The minimum Gasteiger partial charge on any atom is -0.392 e. The van der Waals surface area contributed by atoms with Gasteiger partial charge in [0.1, 0.15) is 5.78 Å². The molecule has 0 aromatic carbocycles. The number of hydrogen-bond donors (Lipinski definition) is 1. The summed E-state index contributed by atoms with van der Waals surface area (Å²) in [6, 6.07) is 0. The van der Waals surface area contributed by atoms with Crippen molar-refractivity contribution in [3.8, 4) is 0 Å². The molecule has 2 saturated heterocycles. The number of nitrogens with zero attached hydrogens (tertiary/aromatic N) is 2. The Kier molecular flexibility index (Phi) is 4.61. The Bertz CT molecular complexity index is 490. The summed E-state index contributed by atoms with van der Waals surface area (Å²) in [5.41, 5.74) is 0.256. The van der Waals surface area contributed by atoms with Gasteiger partial charge in [-0.3, -0.25) is 14.5 Å². The molecular formula is C18H28N2O3. The molecule has 0 aromatic rings. The zero-order valence-electron chi connectivity index (χ0n) is 14.0. The molecule has 2 heterocycles. The molecule has 0 bridgehead atoms. The lowest BCUT2D eigenvalue weighted by molar-refractivity contribution is -0.156. The molecule has 1 spiro atoms. The van der Waals surface area contributed by atoms with Gasteiger partial charge in [-0.05, 0) is 31.3 Å². The van der Waals surface area contributed by atoms with E-state index in [1.165, 1.54) is 6.08 Å². The van der Waals surface area contributed by atoms with Crippen molar-refractivity contribution in [2.45, 2.75) is 38.7 Å². The van der Waals surface area contributed by atoms with Crippen LogP contribution in [0.5, 0.6) is 0 Å². The number of aliphatic hydroxyl groups is 1. The van der Waals surface area contributed by atoms with E-state index in [2.05, 4.69) is 11.5 Å².